The lowest BCUT2D eigenvalue weighted by Crippen LogP contribution is -2.04. The van der Waals surface area contributed by atoms with Crippen molar-refractivity contribution in [1.82, 2.24) is 4.98 Å². The molecule has 1 N–H and O–H groups in total. The second kappa shape index (κ2) is 9.20. The molecule has 10 heteroatoms. The van der Waals surface area contributed by atoms with Crippen molar-refractivity contribution in [2.75, 3.05) is 12.5 Å². The topological polar surface area (TPSA) is 83.4 Å². The van der Waals surface area contributed by atoms with E-state index in [1.165, 1.54) is 31.5 Å². The van der Waals surface area contributed by atoms with Crippen LogP contribution in [0.4, 0.5) is 19.0 Å². The number of furan rings is 1. The smallest absolute Gasteiger partial charge is 0.416 e. The van der Waals surface area contributed by atoms with Gasteiger partial charge in [0.2, 0.25) is 0 Å². The molecule has 0 saturated carbocycles. The Hall–Kier alpha value is -3.35. The maximum atomic E-state index is 13.0. The summed E-state index contributed by atoms with van der Waals surface area (Å²) >= 11 is 6.04. The van der Waals surface area contributed by atoms with Crippen molar-refractivity contribution in [3.63, 3.8) is 0 Å². The summed E-state index contributed by atoms with van der Waals surface area (Å²) in [6.07, 6.45) is -3.19. The number of benzene rings is 1. The number of alkyl halides is 3. The summed E-state index contributed by atoms with van der Waals surface area (Å²) in [7, 11) is 1.52. The van der Waals surface area contributed by atoms with E-state index in [0.717, 1.165) is 12.1 Å². The van der Waals surface area contributed by atoms with Crippen molar-refractivity contribution >= 4 is 23.6 Å². The highest BCUT2D eigenvalue weighted by atomic mass is 35.5. The summed E-state index contributed by atoms with van der Waals surface area (Å²) in [4.78, 5) is 4.26. The first-order valence-electron chi connectivity index (χ1n) is 8.88. The molecule has 0 saturated heterocycles. The number of aromatic nitrogens is 1. The number of nitrogens with zero attached hydrogens (tertiary/aromatic N) is 3. The van der Waals surface area contributed by atoms with Crippen LogP contribution in [0, 0.1) is 18.3 Å². The van der Waals surface area contributed by atoms with E-state index in [1.807, 2.05) is 0 Å². The number of pyridine rings is 1. The molecule has 2 aromatic heterocycles. The van der Waals surface area contributed by atoms with Gasteiger partial charge in [0.15, 0.2) is 5.82 Å². The van der Waals surface area contributed by atoms with Crippen LogP contribution in [-0.2, 0) is 17.5 Å². The van der Waals surface area contributed by atoms with Gasteiger partial charge in [-0.05, 0) is 43.3 Å². The van der Waals surface area contributed by atoms with Crippen LogP contribution >= 0.6 is 11.6 Å². The second-order valence-electron chi connectivity index (χ2n) is 6.46. The third-order valence-corrected chi connectivity index (χ3v) is 4.52. The van der Waals surface area contributed by atoms with Crippen LogP contribution in [0.15, 0.2) is 45.9 Å². The maximum Gasteiger partial charge on any atom is 0.416 e. The molecule has 3 rings (SSSR count). The Balaban J connectivity index is 1.83. The van der Waals surface area contributed by atoms with Crippen LogP contribution in [0.5, 0.6) is 0 Å². The van der Waals surface area contributed by atoms with Gasteiger partial charge in [-0.3, -0.25) is 5.43 Å². The van der Waals surface area contributed by atoms with Gasteiger partial charge < -0.3 is 9.15 Å². The van der Waals surface area contributed by atoms with Crippen LogP contribution in [0.3, 0.4) is 0 Å². The summed E-state index contributed by atoms with van der Waals surface area (Å²) in [5, 5.41) is 13.6. The molecule has 2 heterocycles. The van der Waals surface area contributed by atoms with E-state index < -0.39 is 11.7 Å². The molecule has 160 valence electrons. The highest BCUT2D eigenvalue weighted by Crippen LogP contribution is 2.36. The number of hydrazone groups is 1. The minimum Gasteiger partial charge on any atom is -0.455 e. The van der Waals surface area contributed by atoms with Gasteiger partial charge in [0.05, 0.1) is 23.4 Å². The minimum absolute atomic E-state index is 0.112. The van der Waals surface area contributed by atoms with Crippen LogP contribution in [0.1, 0.15) is 28.1 Å². The Bertz CT molecular complexity index is 1170. The number of hydrogen-bond acceptors (Lipinski definition) is 6. The molecular weight excluding hydrogens is 433 g/mol. The molecule has 6 nitrogen and oxygen atoms in total. The summed E-state index contributed by atoms with van der Waals surface area (Å²) in [5.74, 6) is 0.670. The number of nitriles is 1. The van der Waals surface area contributed by atoms with Gasteiger partial charge in [0, 0.05) is 23.9 Å². The highest BCUT2D eigenvalue weighted by molar-refractivity contribution is 6.33. The average molecular weight is 449 g/mol. The molecule has 0 unspecified atom stereocenters. The number of ether oxygens (including phenoxy) is 1. The number of methoxy groups -OCH3 is 1. The number of nitrogens with one attached hydrogen (secondary N) is 1. The fraction of sp³-hybridized carbons (Fsp3) is 0.190. The van der Waals surface area contributed by atoms with Crippen molar-refractivity contribution < 1.29 is 22.3 Å². The third kappa shape index (κ3) is 5.23. The molecule has 0 aliphatic rings. The standard InChI is InChI=1S/C21H16ClF3N4O2/c1-12-7-13(11-30-2)17(9-26)20(28-12)29-27-10-15-4-6-19(31-15)16-8-14(21(23,24)25)3-5-18(16)22/h3-8,10H,11H2,1-2H3,(H,28,29)/b27-10+. The molecule has 0 fully saturated rings. The Morgan fingerprint density at radius 2 is 2.06 bits per heavy atom. The molecule has 0 radical (unpaired) electrons. The Morgan fingerprint density at radius 1 is 1.29 bits per heavy atom. The summed E-state index contributed by atoms with van der Waals surface area (Å²) in [5.41, 5.74) is 3.59. The van der Waals surface area contributed by atoms with Crippen molar-refractivity contribution in [3.8, 4) is 17.4 Å². The lowest BCUT2D eigenvalue weighted by molar-refractivity contribution is -0.137. The van der Waals surface area contributed by atoms with Crippen LogP contribution in [0.2, 0.25) is 5.02 Å². The summed E-state index contributed by atoms with van der Waals surface area (Å²) < 4.78 is 49.6. The van der Waals surface area contributed by atoms with Gasteiger partial charge >= 0.3 is 6.18 Å². The zero-order chi connectivity index (χ0) is 22.6. The first-order valence-corrected chi connectivity index (χ1v) is 9.26. The molecule has 0 atom stereocenters. The first-order chi connectivity index (χ1) is 14.7. The zero-order valence-corrected chi connectivity index (χ0v) is 17.2. The number of rotatable bonds is 6. The number of anilines is 1. The molecule has 3 aromatic rings. The van der Waals surface area contributed by atoms with E-state index in [4.69, 9.17) is 20.8 Å². The molecule has 0 spiro atoms. The maximum absolute atomic E-state index is 13.0. The van der Waals surface area contributed by atoms with E-state index in [-0.39, 0.29) is 34.5 Å². The van der Waals surface area contributed by atoms with Crippen LogP contribution in [0.25, 0.3) is 11.3 Å². The van der Waals surface area contributed by atoms with Gasteiger partial charge in [0.1, 0.15) is 23.2 Å². The third-order valence-electron chi connectivity index (χ3n) is 4.19. The quantitative estimate of drug-likeness (QED) is 0.381. The predicted octanol–water partition coefficient (Wildman–Crippen LogP) is 5.79. The minimum atomic E-state index is -4.50. The van der Waals surface area contributed by atoms with Crippen molar-refractivity contribution in [1.29, 1.82) is 5.26 Å². The van der Waals surface area contributed by atoms with E-state index in [0.29, 0.717) is 16.8 Å². The number of aryl methyl sites for hydroxylation is 1. The number of hydrogen-bond donors (Lipinski definition) is 1. The average Bonchev–Trinajstić information content (AvgIpc) is 3.16. The van der Waals surface area contributed by atoms with Gasteiger partial charge in [-0.2, -0.15) is 23.5 Å². The largest absolute Gasteiger partial charge is 0.455 e. The molecule has 31 heavy (non-hydrogen) atoms. The molecule has 0 amide bonds. The van der Waals surface area contributed by atoms with Gasteiger partial charge in [-0.15, -0.1) is 0 Å². The van der Waals surface area contributed by atoms with Crippen LogP contribution in [-0.4, -0.2) is 18.3 Å². The fourth-order valence-electron chi connectivity index (χ4n) is 2.83. The van der Waals surface area contributed by atoms with Crippen molar-refractivity contribution in [2.24, 2.45) is 5.10 Å². The SMILES string of the molecule is COCc1cc(C)nc(N/N=C/c2ccc(-c3cc(C(F)(F)F)ccc3Cl)o2)c1C#N. The predicted molar refractivity (Wildman–Crippen MR) is 110 cm³/mol. The summed E-state index contributed by atoms with van der Waals surface area (Å²) in [6.45, 7) is 2.01. The highest BCUT2D eigenvalue weighted by Gasteiger charge is 2.31. The lowest BCUT2D eigenvalue weighted by atomic mass is 10.1. The normalized spacial score (nSPS) is 11.6. The molecular formula is C21H16ClF3N4O2. The summed E-state index contributed by atoms with van der Waals surface area (Å²) in [6, 6.07) is 9.83. The Kier molecular flexibility index (Phi) is 6.63. The Labute approximate surface area is 180 Å². The van der Waals surface area contributed by atoms with Crippen molar-refractivity contribution in [2.45, 2.75) is 19.7 Å². The Morgan fingerprint density at radius 3 is 2.74 bits per heavy atom. The van der Waals surface area contributed by atoms with Crippen LogP contribution < -0.4 is 5.43 Å². The van der Waals surface area contributed by atoms with E-state index in [1.54, 1.807) is 13.0 Å². The molecule has 0 aliphatic carbocycles. The fourth-order valence-corrected chi connectivity index (χ4v) is 3.04. The second-order valence-corrected chi connectivity index (χ2v) is 6.86. The zero-order valence-electron chi connectivity index (χ0n) is 16.4. The van der Waals surface area contributed by atoms with Gasteiger partial charge in [-0.1, -0.05) is 11.6 Å². The van der Waals surface area contributed by atoms with Crippen molar-refractivity contribution in [3.05, 3.63) is 69.6 Å². The molecule has 0 aliphatic heterocycles. The first kappa shape index (κ1) is 22.3. The molecule has 1 aromatic carbocycles. The van der Waals surface area contributed by atoms with E-state index in [2.05, 4.69) is 21.6 Å². The monoisotopic (exact) mass is 448 g/mol. The lowest BCUT2D eigenvalue weighted by Gasteiger charge is -2.09. The van der Waals surface area contributed by atoms with E-state index >= 15 is 0 Å². The van der Waals surface area contributed by atoms with E-state index in [9.17, 15) is 18.4 Å². The van der Waals surface area contributed by atoms with Gasteiger partial charge in [0.25, 0.3) is 0 Å². The number of halogens is 4. The van der Waals surface area contributed by atoms with Gasteiger partial charge in [-0.25, -0.2) is 4.98 Å². The molecule has 0 bridgehead atoms.